The Labute approximate surface area is 195 Å². The largest absolute Gasteiger partial charge is 0.490 e. The number of nitrogens with one attached hydrogen (secondary N) is 1. The Hall–Kier alpha value is -3.69. The van der Waals surface area contributed by atoms with Crippen LogP contribution in [0.4, 0.5) is 14.5 Å². The van der Waals surface area contributed by atoms with Gasteiger partial charge in [-0.3, -0.25) is 9.59 Å². The number of amides is 2. The van der Waals surface area contributed by atoms with Crippen molar-refractivity contribution in [2.75, 3.05) is 38.7 Å². The number of piperidine rings is 1. The van der Waals surface area contributed by atoms with E-state index in [9.17, 15) is 23.2 Å². The number of nitrogens with zero attached hydrogens (tertiary/aromatic N) is 1. The van der Waals surface area contributed by atoms with Gasteiger partial charge in [0.25, 0.3) is 11.8 Å². The summed E-state index contributed by atoms with van der Waals surface area (Å²) < 4.78 is 43.7. The first-order valence-electron chi connectivity index (χ1n) is 10.9. The maximum absolute atomic E-state index is 14.2. The van der Waals surface area contributed by atoms with Crippen molar-refractivity contribution < 1.29 is 37.4 Å². The molecule has 0 atom stereocenters. The van der Waals surface area contributed by atoms with Crippen LogP contribution in [0.15, 0.2) is 30.3 Å². The van der Waals surface area contributed by atoms with Gasteiger partial charge in [0.1, 0.15) is 11.6 Å². The summed E-state index contributed by atoms with van der Waals surface area (Å²) in [6.07, 6.45) is 3.04. The van der Waals surface area contributed by atoms with Gasteiger partial charge in [0, 0.05) is 24.7 Å². The van der Waals surface area contributed by atoms with Crippen LogP contribution in [-0.4, -0.2) is 56.1 Å². The van der Waals surface area contributed by atoms with Crippen molar-refractivity contribution in [3.8, 4) is 11.5 Å². The summed E-state index contributed by atoms with van der Waals surface area (Å²) >= 11 is 0. The van der Waals surface area contributed by atoms with E-state index in [-0.39, 0.29) is 36.2 Å². The van der Waals surface area contributed by atoms with Crippen molar-refractivity contribution >= 4 is 23.5 Å². The molecule has 0 radical (unpaired) electrons. The van der Waals surface area contributed by atoms with Crippen molar-refractivity contribution in [2.45, 2.75) is 26.2 Å². The molecule has 1 fully saturated rings. The number of halogens is 2. The van der Waals surface area contributed by atoms with Crippen LogP contribution in [0.5, 0.6) is 11.5 Å². The van der Waals surface area contributed by atoms with Gasteiger partial charge in [-0.2, -0.15) is 0 Å². The Morgan fingerprint density at radius 3 is 2.38 bits per heavy atom. The molecule has 34 heavy (non-hydrogen) atoms. The minimum atomic E-state index is -1.11. The van der Waals surface area contributed by atoms with Crippen LogP contribution >= 0.6 is 0 Å². The second kappa shape index (κ2) is 11.4. The maximum atomic E-state index is 14.2. The van der Waals surface area contributed by atoms with Gasteiger partial charge in [-0.25, -0.2) is 13.6 Å². The van der Waals surface area contributed by atoms with Crippen LogP contribution in [0, 0.1) is 11.6 Å². The van der Waals surface area contributed by atoms with Gasteiger partial charge in [-0.05, 0) is 50.5 Å². The quantitative estimate of drug-likeness (QED) is 0.583. The van der Waals surface area contributed by atoms with E-state index in [1.54, 1.807) is 11.8 Å². The molecule has 2 aromatic carbocycles. The van der Waals surface area contributed by atoms with Crippen molar-refractivity contribution in [2.24, 2.45) is 0 Å². The minimum Gasteiger partial charge on any atom is -0.490 e. The lowest BCUT2D eigenvalue weighted by molar-refractivity contribution is -0.134. The fraction of sp³-hybridized carbons (Fsp3) is 0.375. The van der Waals surface area contributed by atoms with Gasteiger partial charge in [-0.1, -0.05) is 0 Å². The summed E-state index contributed by atoms with van der Waals surface area (Å²) in [5, 5.41) is 2.31. The number of ether oxygens (including phenoxy) is 3. The predicted octanol–water partition coefficient (Wildman–Crippen LogP) is 3.79. The number of anilines is 1. The molecule has 8 nitrogen and oxygen atoms in total. The number of hydrogen-bond acceptors (Lipinski definition) is 6. The van der Waals surface area contributed by atoms with Crippen LogP contribution in [-0.2, 0) is 9.53 Å². The zero-order valence-corrected chi connectivity index (χ0v) is 19.0. The smallest absolute Gasteiger partial charge is 0.340 e. The number of benzene rings is 2. The Bertz CT molecular complexity index is 1070. The summed E-state index contributed by atoms with van der Waals surface area (Å²) in [6.45, 7) is 3.27. The van der Waals surface area contributed by atoms with E-state index in [0.29, 0.717) is 19.2 Å². The molecule has 0 unspecified atom stereocenters. The fourth-order valence-corrected chi connectivity index (χ4v) is 3.52. The topological polar surface area (TPSA) is 94.2 Å². The van der Waals surface area contributed by atoms with Gasteiger partial charge in [-0.15, -0.1) is 0 Å². The number of rotatable bonds is 8. The summed E-state index contributed by atoms with van der Waals surface area (Å²) in [7, 11) is 1.06. The number of methoxy groups -OCH3 is 1. The number of carbonyl (C=O) groups excluding carboxylic acids is 3. The highest BCUT2D eigenvalue weighted by Crippen LogP contribution is 2.29. The molecule has 1 aliphatic rings. The molecule has 0 spiro atoms. The highest BCUT2D eigenvalue weighted by molar-refractivity contribution is 6.05. The van der Waals surface area contributed by atoms with Crippen molar-refractivity contribution in [3.05, 3.63) is 53.1 Å². The fourth-order valence-electron chi connectivity index (χ4n) is 3.52. The molecule has 1 saturated heterocycles. The number of carbonyl (C=O) groups is 3. The molecular formula is C24H26F2N2O6. The van der Waals surface area contributed by atoms with Crippen LogP contribution in [0.1, 0.15) is 46.9 Å². The molecule has 0 saturated carbocycles. The molecule has 1 aliphatic heterocycles. The first-order chi connectivity index (χ1) is 16.3. The van der Waals surface area contributed by atoms with Crippen LogP contribution in [0.25, 0.3) is 0 Å². The second-order valence-electron chi connectivity index (χ2n) is 7.58. The maximum Gasteiger partial charge on any atom is 0.340 e. The molecule has 2 aromatic rings. The molecular weight excluding hydrogens is 450 g/mol. The SMILES string of the molecule is CCOc1cc(C(=O)Nc2cc(C(=O)OC)c(F)cc2F)ccc1OCC(=O)N1CCCCC1. The lowest BCUT2D eigenvalue weighted by Crippen LogP contribution is -2.38. The van der Waals surface area contributed by atoms with Crippen molar-refractivity contribution in [3.63, 3.8) is 0 Å². The third kappa shape index (κ3) is 6.00. The average molecular weight is 476 g/mol. The zero-order valence-electron chi connectivity index (χ0n) is 19.0. The molecule has 2 amide bonds. The van der Waals surface area contributed by atoms with E-state index in [0.717, 1.165) is 32.4 Å². The molecule has 10 heteroatoms. The second-order valence-corrected chi connectivity index (χ2v) is 7.58. The van der Waals surface area contributed by atoms with Crippen LogP contribution in [0.3, 0.4) is 0 Å². The molecule has 0 aromatic heterocycles. The first-order valence-corrected chi connectivity index (χ1v) is 10.9. The molecule has 1 N–H and O–H groups in total. The third-order valence-corrected chi connectivity index (χ3v) is 5.28. The highest BCUT2D eigenvalue weighted by atomic mass is 19.1. The summed E-state index contributed by atoms with van der Waals surface area (Å²) in [5.74, 6) is -3.51. The summed E-state index contributed by atoms with van der Waals surface area (Å²) in [5.41, 5.74) is -0.810. The summed E-state index contributed by atoms with van der Waals surface area (Å²) in [6, 6.07) is 5.64. The van der Waals surface area contributed by atoms with Gasteiger partial charge < -0.3 is 24.4 Å². The van der Waals surface area contributed by atoms with Gasteiger partial charge in [0.05, 0.1) is 25.0 Å². The van der Waals surface area contributed by atoms with E-state index < -0.39 is 34.8 Å². The minimum absolute atomic E-state index is 0.0986. The van der Waals surface area contributed by atoms with E-state index in [1.807, 2.05) is 0 Å². The van der Waals surface area contributed by atoms with Crippen molar-refractivity contribution in [1.29, 1.82) is 0 Å². The van der Waals surface area contributed by atoms with E-state index in [1.165, 1.54) is 18.2 Å². The van der Waals surface area contributed by atoms with Gasteiger partial charge >= 0.3 is 5.97 Å². The molecule has 0 bridgehead atoms. The molecule has 0 aliphatic carbocycles. The molecule has 3 rings (SSSR count). The van der Waals surface area contributed by atoms with Gasteiger partial charge in [0.15, 0.2) is 18.1 Å². The van der Waals surface area contributed by atoms with E-state index in [4.69, 9.17) is 9.47 Å². The van der Waals surface area contributed by atoms with Crippen LogP contribution < -0.4 is 14.8 Å². The zero-order chi connectivity index (χ0) is 24.7. The lowest BCUT2D eigenvalue weighted by atomic mass is 10.1. The Balaban J connectivity index is 1.74. The monoisotopic (exact) mass is 476 g/mol. The standard InChI is InChI=1S/C24H26F2N2O6/c1-3-33-21-11-15(7-8-20(21)34-14-22(29)28-9-5-4-6-10-28)23(30)27-19-12-16(24(31)32-2)17(25)13-18(19)26/h7-8,11-13H,3-6,9-10,14H2,1-2H3,(H,27,30). The summed E-state index contributed by atoms with van der Waals surface area (Å²) in [4.78, 5) is 38.5. The Kier molecular flexibility index (Phi) is 8.39. The van der Waals surface area contributed by atoms with Crippen LogP contribution in [0.2, 0.25) is 0 Å². The highest BCUT2D eigenvalue weighted by Gasteiger charge is 2.20. The first kappa shape index (κ1) is 24.9. The van der Waals surface area contributed by atoms with Crippen molar-refractivity contribution in [1.82, 2.24) is 4.90 Å². The van der Waals surface area contributed by atoms with E-state index >= 15 is 0 Å². The third-order valence-electron chi connectivity index (χ3n) is 5.28. The average Bonchev–Trinajstić information content (AvgIpc) is 2.84. The lowest BCUT2D eigenvalue weighted by Gasteiger charge is -2.26. The van der Waals surface area contributed by atoms with Gasteiger partial charge in [0.2, 0.25) is 0 Å². The number of esters is 1. The molecule has 182 valence electrons. The normalized spacial score (nSPS) is 13.2. The van der Waals surface area contributed by atoms with E-state index in [2.05, 4.69) is 10.1 Å². The number of hydrogen-bond donors (Lipinski definition) is 1. The molecule has 1 heterocycles. The number of likely N-dealkylation sites (tertiary alicyclic amines) is 1. The predicted molar refractivity (Wildman–Crippen MR) is 119 cm³/mol. The Morgan fingerprint density at radius 2 is 1.71 bits per heavy atom. The Morgan fingerprint density at radius 1 is 0.971 bits per heavy atom.